The van der Waals surface area contributed by atoms with E-state index in [0.717, 1.165) is 6.54 Å². The van der Waals surface area contributed by atoms with E-state index < -0.39 is 0 Å². The van der Waals surface area contributed by atoms with Crippen LogP contribution in [0.4, 0.5) is 0 Å². The van der Waals surface area contributed by atoms with Crippen molar-refractivity contribution in [3.05, 3.63) is 0 Å². The predicted molar refractivity (Wildman–Crippen MR) is 85.7 cm³/mol. The topological polar surface area (TPSA) is 15.3 Å². The van der Waals surface area contributed by atoms with Crippen molar-refractivity contribution in [3.8, 4) is 0 Å². The molecule has 0 aliphatic carbocycles. The van der Waals surface area contributed by atoms with Gasteiger partial charge in [0, 0.05) is 24.2 Å². The minimum absolute atomic E-state index is 0.332. The number of piperazine rings is 1. The highest BCUT2D eigenvalue weighted by atomic mass is 15.3. The van der Waals surface area contributed by atoms with Crippen LogP contribution in [0.1, 0.15) is 74.1 Å². The van der Waals surface area contributed by atoms with Gasteiger partial charge in [-0.3, -0.25) is 4.90 Å². The summed E-state index contributed by atoms with van der Waals surface area (Å²) in [7, 11) is 0. The van der Waals surface area contributed by atoms with Crippen LogP contribution in [0.2, 0.25) is 0 Å². The fourth-order valence-electron chi connectivity index (χ4n) is 2.99. The van der Waals surface area contributed by atoms with Crippen molar-refractivity contribution >= 4 is 0 Å². The van der Waals surface area contributed by atoms with E-state index in [0.29, 0.717) is 16.5 Å². The maximum absolute atomic E-state index is 3.86. The fourth-order valence-corrected chi connectivity index (χ4v) is 2.99. The maximum Gasteiger partial charge on any atom is 0.0304 e. The highest BCUT2D eigenvalue weighted by Crippen LogP contribution is 2.32. The van der Waals surface area contributed by atoms with E-state index in [-0.39, 0.29) is 0 Å². The van der Waals surface area contributed by atoms with E-state index in [4.69, 9.17) is 0 Å². The number of hydrogen-bond acceptors (Lipinski definition) is 2. The van der Waals surface area contributed by atoms with Crippen LogP contribution < -0.4 is 5.32 Å². The maximum atomic E-state index is 3.86. The molecule has 1 heterocycles. The van der Waals surface area contributed by atoms with Crippen LogP contribution in [0.25, 0.3) is 0 Å². The lowest BCUT2D eigenvalue weighted by Gasteiger charge is -2.53. The lowest BCUT2D eigenvalue weighted by molar-refractivity contribution is 0.00267. The zero-order chi connectivity index (χ0) is 14.7. The Morgan fingerprint density at radius 3 is 2.05 bits per heavy atom. The van der Waals surface area contributed by atoms with Gasteiger partial charge in [-0.05, 0) is 44.6 Å². The van der Waals surface area contributed by atoms with E-state index >= 15 is 0 Å². The summed E-state index contributed by atoms with van der Waals surface area (Å²) in [5.74, 6) is 0. The van der Waals surface area contributed by atoms with Crippen LogP contribution in [-0.2, 0) is 0 Å². The molecule has 0 aromatic carbocycles. The van der Waals surface area contributed by atoms with Crippen LogP contribution in [0.3, 0.4) is 0 Å². The molecule has 0 saturated carbocycles. The minimum Gasteiger partial charge on any atom is -0.308 e. The second-order valence-electron chi connectivity index (χ2n) is 7.92. The molecule has 2 heteroatoms. The lowest BCUT2D eigenvalue weighted by Crippen LogP contribution is -2.68. The molecular formula is C17H36N2. The van der Waals surface area contributed by atoms with Gasteiger partial charge in [0.25, 0.3) is 0 Å². The van der Waals surface area contributed by atoms with Gasteiger partial charge >= 0.3 is 0 Å². The average molecular weight is 268 g/mol. The molecule has 1 saturated heterocycles. The predicted octanol–water partition coefficient (Wildman–Crippen LogP) is 4.06. The summed E-state index contributed by atoms with van der Waals surface area (Å²) in [6.07, 6.45) is 4.98. The molecule has 0 aromatic rings. The molecule has 0 aromatic heterocycles. The molecule has 1 rings (SSSR count). The molecule has 1 fully saturated rings. The molecule has 19 heavy (non-hydrogen) atoms. The van der Waals surface area contributed by atoms with E-state index in [1.165, 1.54) is 38.8 Å². The second kappa shape index (κ2) is 6.13. The highest BCUT2D eigenvalue weighted by molar-refractivity contribution is 5.02. The van der Waals surface area contributed by atoms with Gasteiger partial charge in [0.1, 0.15) is 0 Å². The third kappa shape index (κ3) is 4.19. The Morgan fingerprint density at radius 2 is 1.63 bits per heavy atom. The van der Waals surface area contributed by atoms with Gasteiger partial charge in [-0.2, -0.15) is 0 Å². The van der Waals surface area contributed by atoms with Gasteiger partial charge in [0.2, 0.25) is 0 Å². The van der Waals surface area contributed by atoms with Gasteiger partial charge in [0.15, 0.2) is 0 Å². The second-order valence-corrected chi connectivity index (χ2v) is 7.92. The Hall–Kier alpha value is -0.0800. The first-order valence-corrected chi connectivity index (χ1v) is 8.20. The van der Waals surface area contributed by atoms with Crippen LogP contribution in [0.5, 0.6) is 0 Å². The van der Waals surface area contributed by atoms with Crippen molar-refractivity contribution in [3.63, 3.8) is 0 Å². The Morgan fingerprint density at radius 1 is 1.05 bits per heavy atom. The number of rotatable bonds is 5. The molecule has 1 unspecified atom stereocenters. The largest absolute Gasteiger partial charge is 0.308 e. The number of nitrogens with zero attached hydrogens (tertiary/aromatic N) is 1. The zero-order valence-electron chi connectivity index (χ0n) is 14.4. The first-order chi connectivity index (χ1) is 8.70. The summed E-state index contributed by atoms with van der Waals surface area (Å²) in [4.78, 5) is 2.77. The normalized spacial score (nSPS) is 28.6. The smallest absolute Gasteiger partial charge is 0.0304 e. The molecule has 0 radical (unpaired) electrons. The summed E-state index contributed by atoms with van der Waals surface area (Å²) in [5.41, 5.74) is 1.10. The van der Waals surface area contributed by atoms with E-state index in [1.54, 1.807) is 0 Å². The Labute approximate surface area is 121 Å². The summed E-state index contributed by atoms with van der Waals surface area (Å²) in [6, 6.07) is 0. The van der Waals surface area contributed by atoms with Crippen molar-refractivity contribution in [2.75, 3.05) is 19.6 Å². The summed E-state index contributed by atoms with van der Waals surface area (Å²) >= 11 is 0. The molecular weight excluding hydrogens is 232 g/mol. The van der Waals surface area contributed by atoms with E-state index in [1.807, 2.05) is 0 Å². The Kier molecular flexibility index (Phi) is 5.48. The van der Waals surface area contributed by atoms with Crippen LogP contribution in [-0.4, -0.2) is 35.6 Å². The summed E-state index contributed by atoms with van der Waals surface area (Å²) in [5, 5.41) is 3.86. The molecule has 1 N–H and O–H groups in total. The van der Waals surface area contributed by atoms with Gasteiger partial charge < -0.3 is 5.32 Å². The van der Waals surface area contributed by atoms with Crippen molar-refractivity contribution in [1.82, 2.24) is 10.2 Å². The number of hydrogen-bond donors (Lipinski definition) is 1. The van der Waals surface area contributed by atoms with Gasteiger partial charge in [0.05, 0.1) is 0 Å². The van der Waals surface area contributed by atoms with Crippen LogP contribution in [0.15, 0.2) is 0 Å². The molecule has 0 amide bonds. The average Bonchev–Trinajstić information content (AvgIpc) is 2.37. The van der Waals surface area contributed by atoms with E-state index in [2.05, 4.69) is 58.7 Å². The molecule has 1 atom stereocenters. The highest BCUT2D eigenvalue weighted by Gasteiger charge is 2.42. The van der Waals surface area contributed by atoms with Crippen LogP contribution >= 0.6 is 0 Å². The fraction of sp³-hybridized carbons (Fsp3) is 1.00. The standard InChI is InChI=1S/C17H36N2/c1-8-16(7)13-18-17(9-2,10-3)14-19(16)12-11-15(4,5)6/h18H,8-14H2,1-7H3. The molecule has 1 aliphatic heterocycles. The zero-order valence-corrected chi connectivity index (χ0v) is 14.4. The summed E-state index contributed by atoms with van der Waals surface area (Å²) < 4.78 is 0. The van der Waals surface area contributed by atoms with Crippen molar-refractivity contribution in [1.29, 1.82) is 0 Å². The molecule has 0 spiro atoms. The number of nitrogens with one attached hydrogen (secondary N) is 1. The minimum atomic E-state index is 0.332. The lowest BCUT2D eigenvalue weighted by atomic mass is 9.82. The Bertz CT molecular complexity index is 275. The summed E-state index contributed by atoms with van der Waals surface area (Å²) in [6.45, 7) is 20.0. The van der Waals surface area contributed by atoms with Gasteiger partial charge in [-0.15, -0.1) is 0 Å². The van der Waals surface area contributed by atoms with Gasteiger partial charge in [-0.25, -0.2) is 0 Å². The molecule has 2 nitrogen and oxygen atoms in total. The van der Waals surface area contributed by atoms with Crippen molar-refractivity contribution in [2.45, 2.75) is 85.2 Å². The third-order valence-corrected chi connectivity index (χ3v) is 5.35. The quantitative estimate of drug-likeness (QED) is 0.809. The SMILES string of the molecule is CCC1(CC)CN(CCC(C)(C)C)C(C)(CC)CN1. The molecule has 114 valence electrons. The van der Waals surface area contributed by atoms with Gasteiger partial charge in [-0.1, -0.05) is 41.5 Å². The molecule has 1 aliphatic rings. The first kappa shape index (κ1) is 17.0. The van der Waals surface area contributed by atoms with Crippen molar-refractivity contribution in [2.24, 2.45) is 5.41 Å². The monoisotopic (exact) mass is 268 g/mol. The van der Waals surface area contributed by atoms with E-state index in [9.17, 15) is 0 Å². The van der Waals surface area contributed by atoms with Crippen molar-refractivity contribution < 1.29 is 0 Å². The van der Waals surface area contributed by atoms with Crippen LogP contribution in [0, 0.1) is 5.41 Å². The first-order valence-electron chi connectivity index (χ1n) is 8.20. The Balaban J connectivity index is 2.79. The molecule has 0 bridgehead atoms. The third-order valence-electron chi connectivity index (χ3n) is 5.35.